The predicted molar refractivity (Wildman–Crippen MR) is 84.3 cm³/mol. The van der Waals surface area contributed by atoms with Gasteiger partial charge in [-0.25, -0.2) is 12.7 Å². The van der Waals surface area contributed by atoms with Gasteiger partial charge in [-0.1, -0.05) is 20.8 Å². The Bertz CT molecular complexity index is 554. The van der Waals surface area contributed by atoms with Crippen LogP contribution in [0.25, 0.3) is 0 Å². The molecule has 0 aliphatic carbocycles. The fourth-order valence-electron chi connectivity index (χ4n) is 1.98. The average molecular weight is 299 g/mol. The molecular weight excluding hydrogens is 274 g/mol. The highest BCUT2D eigenvalue weighted by Crippen LogP contribution is 2.26. The van der Waals surface area contributed by atoms with E-state index in [2.05, 4.69) is 26.1 Å². The van der Waals surface area contributed by atoms with Gasteiger partial charge in [0.2, 0.25) is 10.0 Å². The minimum Gasteiger partial charge on any atom is -0.397 e. The maximum Gasteiger partial charge on any atom is 0.242 e. The number of nitrogens with two attached hydrogens (primary N) is 1. The van der Waals surface area contributed by atoms with Gasteiger partial charge in [0.05, 0.1) is 16.3 Å². The van der Waals surface area contributed by atoms with E-state index < -0.39 is 10.0 Å². The maximum atomic E-state index is 12.0. The van der Waals surface area contributed by atoms with Crippen molar-refractivity contribution in [2.75, 3.05) is 25.1 Å². The summed E-state index contributed by atoms with van der Waals surface area (Å²) in [5.74, 6) is 0.476. The second-order valence-electron chi connectivity index (χ2n) is 5.44. The lowest BCUT2D eigenvalue weighted by atomic mass is 10.0. The van der Waals surface area contributed by atoms with Crippen LogP contribution in [0.2, 0.25) is 0 Å². The zero-order valence-corrected chi connectivity index (χ0v) is 13.7. The van der Waals surface area contributed by atoms with E-state index in [9.17, 15) is 8.42 Å². The summed E-state index contributed by atoms with van der Waals surface area (Å²) in [7, 11) is -0.434. The predicted octanol–water partition coefficient (Wildman–Crippen LogP) is 2.37. The second-order valence-corrected chi connectivity index (χ2v) is 7.59. The maximum absolute atomic E-state index is 12.0. The van der Waals surface area contributed by atoms with Crippen LogP contribution in [0.1, 0.15) is 27.2 Å². The molecule has 6 heteroatoms. The van der Waals surface area contributed by atoms with Crippen LogP contribution in [0.5, 0.6) is 0 Å². The number of nitrogens with one attached hydrogen (secondary N) is 1. The van der Waals surface area contributed by atoms with Crippen LogP contribution in [0, 0.1) is 5.92 Å². The molecule has 1 unspecified atom stereocenters. The standard InChI is InChI=1S/C14H25N3O2S/c1-6-13(10(2)3)16-14-8-7-11(9-12(14)15)20(18,19)17(4)5/h7-10,13,16H,6,15H2,1-5H3. The molecule has 0 aromatic heterocycles. The van der Waals surface area contributed by atoms with Crippen molar-refractivity contribution in [2.24, 2.45) is 5.92 Å². The first kappa shape index (κ1) is 16.8. The number of rotatable bonds is 6. The number of nitrogens with zero attached hydrogens (tertiary/aromatic N) is 1. The molecule has 0 saturated carbocycles. The Balaban J connectivity index is 3.06. The molecule has 1 atom stereocenters. The van der Waals surface area contributed by atoms with Crippen molar-refractivity contribution in [2.45, 2.75) is 38.1 Å². The third-order valence-electron chi connectivity index (χ3n) is 3.39. The summed E-state index contributed by atoms with van der Waals surface area (Å²) >= 11 is 0. The van der Waals surface area contributed by atoms with E-state index >= 15 is 0 Å². The van der Waals surface area contributed by atoms with Gasteiger partial charge >= 0.3 is 0 Å². The Morgan fingerprint density at radius 3 is 2.30 bits per heavy atom. The van der Waals surface area contributed by atoms with Crippen LogP contribution in [0.15, 0.2) is 23.1 Å². The van der Waals surface area contributed by atoms with Gasteiger partial charge in [0.15, 0.2) is 0 Å². The number of sulfonamides is 1. The first-order valence-corrected chi connectivity index (χ1v) is 8.22. The Morgan fingerprint density at radius 2 is 1.90 bits per heavy atom. The molecule has 0 saturated heterocycles. The topological polar surface area (TPSA) is 75.4 Å². The van der Waals surface area contributed by atoms with E-state index in [1.54, 1.807) is 12.1 Å². The summed E-state index contributed by atoms with van der Waals surface area (Å²) < 4.78 is 25.2. The summed E-state index contributed by atoms with van der Waals surface area (Å²) in [6, 6.07) is 5.14. The van der Waals surface area contributed by atoms with Crippen molar-refractivity contribution >= 4 is 21.4 Å². The summed E-state index contributed by atoms with van der Waals surface area (Å²) in [4.78, 5) is 0.211. The van der Waals surface area contributed by atoms with Gasteiger partial charge in [0.25, 0.3) is 0 Å². The molecule has 1 rings (SSSR count). The van der Waals surface area contributed by atoms with Gasteiger partial charge in [-0.2, -0.15) is 0 Å². The van der Waals surface area contributed by atoms with Crippen LogP contribution >= 0.6 is 0 Å². The zero-order chi connectivity index (χ0) is 15.5. The molecule has 0 amide bonds. The molecule has 0 spiro atoms. The van der Waals surface area contributed by atoms with E-state index in [0.717, 1.165) is 12.1 Å². The number of hydrogen-bond donors (Lipinski definition) is 2. The lowest BCUT2D eigenvalue weighted by Gasteiger charge is -2.23. The van der Waals surface area contributed by atoms with Crippen molar-refractivity contribution in [1.29, 1.82) is 0 Å². The fraction of sp³-hybridized carbons (Fsp3) is 0.571. The third-order valence-corrected chi connectivity index (χ3v) is 5.20. The SMILES string of the molecule is CCC(Nc1ccc(S(=O)(=O)N(C)C)cc1N)C(C)C. The number of hydrogen-bond acceptors (Lipinski definition) is 4. The fourth-order valence-corrected chi connectivity index (χ4v) is 2.92. The molecule has 0 heterocycles. The number of nitrogen functional groups attached to an aromatic ring is 1. The molecule has 0 bridgehead atoms. The van der Waals surface area contributed by atoms with E-state index in [1.165, 1.54) is 24.5 Å². The lowest BCUT2D eigenvalue weighted by Crippen LogP contribution is -2.25. The molecule has 114 valence electrons. The first-order valence-electron chi connectivity index (χ1n) is 6.78. The quantitative estimate of drug-likeness (QED) is 0.791. The van der Waals surface area contributed by atoms with Gasteiger partial charge in [0.1, 0.15) is 0 Å². The smallest absolute Gasteiger partial charge is 0.242 e. The van der Waals surface area contributed by atoms with Crippen molar-refractivity contribution in [3.05, 3.63) is 18.2 Å². The van der Waals surface area contributed by atoms with E-state index in [-0.39, 0.29) is 4.90 Å². The van der Waals surface area contributed by atoms with Gasteiger partial charge in [-0.3, -0.25) is 0 Å². The summed E-state index contributed by atoms with van der Waals surface area (Å²) in [5.41, 5.74) is 7.21. The molecule has 0 fully saturated rings. The average Bonchev–Trinajstić information content (AvgIpc) is 2.36. The van der Waals surface area contributed by atoms with Crippen LogP contribution in [0.4, 0.5) is 11.4 Å². The highest BCUT2D eigenvalue weighted by molar-refractivity contribution is 7.89. The minimum absolute atomic E-state index is 0.211. The van der Waals surface area contributed by atoms with Crippen LogP contribution in [-0.2, 0) is 10.0 Å². The normalized spacial score (nSPS) is 13.8. The molecule has 0 aliphatic heterocycles. The number of anilines is 2. The molecule has 5 nitrogen and oxygen atoms in total. The van der Waals surface area contributed by atoms with Crippen LogP contribution in [-0.4, -0.2) is 32.9 Å². The van der Waals surface area contributed by atoms with Crippen molar-refractivity contribution in [1.82, 2.24) is 4.31 Å². The van der Waals surface area contributed by atoms with Crippen molar-refractivity contribution in [3.63, 3.8) is 0 Å². The Labute approximate surface area is 122 Å². The molecule has 3 N–H and O–H groups in total. The van der Waals surface area contributed by atoms with Crippen LogP contribution in [0.3, 0.4) is 0 Å². The summed E-state index contributed by atoms with van der Waals surface area (Å²) in [5, 5.41) is 3.37. The van der Waals surface area contributed by atoms with Crippen LogP contribution < -0.4 is 11.1 Å². The highest BCUT2D eigenvalue weighted by Gasteiger charge is 2.19. The largest absolute Gasteiger partial charge is 0.397 e. The Kier molecular flexibility index (Phi) is 5.42. The van der Waals surface area contributed by atoms with Gasteiger partial charge in [0, 0.05) is 20.1 Å². The van der Waals surface area contributed by atoms with Crippen molar-refractivity contribution < 1.29 is 8.42 Å². The van der Waals surface area contributed by atoms with Gasteiger partial charge in [-0.15, -0.1) is 0 Å². The van der Waals surface area contributed by atoms with Gasteiger partial charge < -0.3 is 11.1 Å². The monoisotopic (exact) mass is 299 g/mol. The molecule has 1 aromatic carbocycles. The molecular formula is C14H25N3O2S. The molecule has 0 aliphatic rings. The highest BCUT2D eigenvalue weighted by atomic mass is 32.2. The second kappa shape index (κ2) is 6.45. The lowest BCUT2D eigenvalue weighted by molar-refractivity contribution is 0.511. The van der Waals surface area contributed by atoms with E-state index in [4.69, 9.17) is 5.73 Å². The molecule has 1 aromatic rings. The Morgan fingerprint density at radius 1 is 1.30 bits per heavy atom. The third kappa shape index (κ3) is 3.64. The summed E-state index contributed by atoms with van der Waals surface area (Å²) in [6.45, 7) is 6.39. The summed E-state index contributed by atoms with van der Waals surface area (Å²) in [6.07, 6.45) is 0.981. The zero-order valence-electron chi connectivity index (χ0n) is 12.8. The van der Waals surface area contributed by atoms with E-state index in [0.29, 0.717) is 17.6 Å². The first-order chi connectivity index (χ1) is 9.20. The molecule has 0 radical (unpaired) electrons. The molecule has 20 heavy (non-hydrogen) atoms. The van der Waals surface area contributed by atoms with E-state index in [1.807, 2.05) is 0 Å². The van der Waals surface area contributed by atoms with Gasteiger partial charge in [-0.05, 0) is 30.5 Å². The van der Waals surface area contributed by atoms with Crippen molar-refractivity contribution in [3.8, 4) is 0 Å². The number of benzene rings is 1. The Hall–Kier alpha value is -1.27. The minimum atomic E-state index is -3.44.